The number of benzene rings is 1. The average molecular weight is 267 g/mol. The average Bonchev–Trinajstić information content (AvgIpc) is 2.25. The second-order valence-corrected chi connectivity index (χ2v) is 5.92. The molecule has 2 atom stereocenters. The predicted molar refractivity (Wildman–Crippen MR) is 73.9 cm³/mol. The van der Waals surface area contributed by atoms with Crippen molar-refractivity contribution in [3.05, 3.63) is 29.6 Å². The number of morpholine rings is 1. The minimum absolute atomic E-state index is 0.0777. The Morgan fingerprint density at radius 1 is 1.47 bits per heavy atom. The van der Waals surface area contributed by atoms with Gasteiger partial charge in [-0.1, -0.05) is 6.07 Å². The fourth-order valence-electron chi connectivity index (χ4n) is 2.85. The van der Waals surface area contributed by atoms with Gasteiger partial charge in [-0.15, -0.1) is 0 Å². The van der Waals surface area contributed by atoms with Crippen molar-refractivity contribution in [2.75, 3.05) is 18.0 Å². The van der Waals surface area contributed by atoms with Gasteiger partial charge in [-0.05, 0) is 39.8 Å². The van der Waals surface area contributed by atoms with Crippen LogP contribution in [-0.4, -0.2) is 29.9 Å². The van der Waals surface area contributed by atoms with E-state index in [0.29, 0.717) is 18.7 Å². The van der Waals surface area contributed by atoms with Crippen LogP contribution in [0.4, 0.5) is 10.1 Å². The van der Waals surface area contributed by atoms with Crippen molar-refractivity contribution in [1.82, 2.24) is 0 Å². The molecule has 1 aliphatic rings. The van der Waals surface area contributed by atoms with Gasteiger partial charge in [-0.2, -0.15) is 0 Å². The van der Waals surface area contributed by atoms with Crippen LogP contribution in [0.2, 0.25) is 0 Å². The van der Waals surface area contributed by atoms with E-state index in [2.05, 4.69) is 4.90 Å². The van der Waals surface area contributed by atoms with Crippen LogP contribution in [0.25, 0.3) is 0 Å². The lowest BCUT2D eigenvalue weighted by Gasteiger charge is -2.43. The van der Waals surface area contributed by atoms with Crippen LogP contribution in [0.1, 0.15) is 39.4 Å². The van der Waals surface area contributed by atoms with Crippen LogP contribution in [-0.2, 0) is 4.74 Å². The van der Waals surface area contributed by atoms with Crippen molar-refractivity contribution in [3.8, 4) is 0 Å². The minimum Gasteiger partial charge on any atom is -0.389 e. The van der Waals surface area contributed by atoms with Crippen molar-refractivity contribution in [2.24, 2.45) is 0 Å². The highest BCUT2D eigenvalue weighted by atomic mass is 19.1. The van der Waals surface area contributed by atoms with E-state index in [4.69, 9.17) is 4.74 Å². The highest BCUT2D eigenvalue weighted by Crippen LogP contribution is 2.32. The molecule has 2 rings (SSSR count). The van der Waals surface area contributed by atoms with Gasteiger partial charge < -0.3 is 14.7 Å². The molecular weight excluding hydrogens is 245 g/mol. The van der Waals surface area contributed by atoms with E-state index in [9.17, 15) is 9.50 Å². The number of rotatable bonds is 2. The molecule has 3 nitrogen and oxygen atoms in total. The van der Waals surface area contributed by atoms with Crippen molar-refractivity contribution < 1.29 is 14.2 Å². The maximum atomic E-state index is 13.9. The maximum absolute atomic E-state index is 13.9. The Kier molecular flexibility index (Phi) is 3.83. The molecule has 0 amide bonds. The number of anilines is 1. The first-order valence-electron chi connectivity index (χ1n) is 6.69. The van der Waals surface area contributed by atoms with Gasteiger partial charge in [0.05, 0.1) is 17.8 Å². The molecule has 2 unspecified atom stereocenters. The van der Waals surface area contributed by atoms with E-state index in [1.54, 1.807) is 13.0 Å². The third-order valence-corrected chi connectivity index (χ3v) is 3.36. The van der Waals surface area contributed by atoms with E-state index < -0.39 is 6.10 Å². The summed E-state index contributed by atoms with van der Waals surface area (Å²) in [6.07, 6.45) is -0.744. The van der Waals surface area contributed by atoms with Crippen LogP contribution >= 0.6 is 0 Å². The Morgan fingerprint density at radius 2 is 2.16 bits per heavy atom. The normalized spacial score (nSPS) is 24.3. The van der Waals surface area contributed by atoms with Crippen LogP contribution in [0.3, 0.4) is 0 Å². The van der Waals surface area contributed by atoms with Crippen molar-refractivity contribution in [3.63, 3.8) is 0 Å². The largest absolute Gasteiger partial charge is 0.389 e. The molecule has 0 saturated carbocycles. The molecule has 0 spiro atoms. The van der Waals surface area contributed by atoms with Gasteiger partial charge in [0.25, 0.3) is 0 Å². The summed E-state index contributed by atoms with van der Waals surface area (Å²) >= 11 is 0. The van der Waals surface area contributed by atoms with E-state index in [1.165, 1.54) is 6.07 Å². The molecule has 1 aliphatic heterocycles. The second kappa shape index (κ2) is 5.10. The van der Waals surface area contributed by atoms with E-state index in [0.717, 1.165) is 5.69 Å². The molecule has 1 N–H and O–H groups in total. The van der Waals surface area contributed by atoms with E-state index >= 15 is 0 Å². The number of ether oxygens (including phenoxy) is 1. The van der Waals surface area contributed by atoms with Crippen molar-refractivity contribution in [1.29, 1.82) is 0 Å². The number of hydrogen-bond acceptors (Lipinski definition) is 3. The first kappa shape index (κ1) is 14.3. The summed E-state index contributed by atoms with van der Waals surface area (Å²) in [5.74, 6) is -0.357. The molecule has 0 bridgehead atoms. The molecule has 4 heteroatoms. The van der Waals surface area contributed by atoms with Crippen LogP contribution < -0.4 is 4.90 Å². The molecule has 1 fully saturated rings. The lowest BCUT2D eigenvalue weighted by Crippen LogP contribution is -2.52. The summed E-state index contributed by atoms with van der Waals surface area (Å²) in [6, 6.07) is 4.93. The minimum atomic E-state index is -0.822. The van der Waals surface area contributed by atoms with E-state index in [1.807, 2.05) is 26.8 Å². The van der Waals surface area contributed by atoms with Crippen molar-refractivity contribution in [2.45, 2.75) is 45.5 Å². The molecular formula is C15H22FNO2. The third-order valence-electron chi connectivity index (χ3n) is 3.36. The smallest absolute Gasteiger partial charge is 0.131 e. The fraction of sp³-hybridized carbons (Fsp3) is 0.600. The zero-order chi connectivity index (χ0) is 14.2. The Labute approximate surface area is 114 Å². The van der Waals surface area contributed by atoms with Crippen molar-refractivity contribution >= 4 is 5.69 Å². The number of aliphatic hydroxyl groups excluding tert-OH is 1. The number of hydrogen-bond donors (Lipinski definition) is 1. The highest BCUT2D eigenvalue weighted by Gasteiger charge is 2.33. The highest BCUT2D eigenvalue weighted by molar-refractivity contribution is 5.56. The van der Waals surface area contributed by atoms with Crippen LogP contribution in [0.5, 0.6) is 0 Å². The zero-order valence-electron chi connectivity index (χ0n) is 12.0. The van der Waals surface area contributed by atoms with Gasteiger partial charge in [0, 0.05) is 24.3 Å². The van der Waals surface area contributed by atoms with Gasteiger partial charge in [0.2, 0.25) is 0 Å². The molecule has 1 aromatic carbocycles. The van der Waals surface area contributed by atoms with Crippen LogP contribution in [0.15, 0.2) is 18.2 Å². The summed E-state index contributed by atoms with van der Waals surface area (Å²) in [5, 5.41) is 9.81. The standard InChI is InChI=1S/C15H22FNO2/c1-10-8-17(9-15(3,4)19-10)13-7-5-6-12(16)14(13)11(2)18/h5-7,10-11,18H,8-9H2,1-4H3. The number of halogens is 1. The molecule has 1 saturated heterocycles. The topological polar surface area (TPSA) is 32.7 Å². The fourth-order valence-corrected chi connectivity index (χ4v) is 2.85. The Hall–Kier alpha value is -1.13. The summed E-state index contributed by atoms with van der Waals surface area (Å²) in [6.45, 7) is 9.04. The molecule has 0 aliphatic carbocycles. The van der Waals surface area contributed by atoms with E-state index in [-0.39, 0.29) is 17.5 Å². The lowest BCUT2D eigenvalue weighted by molar-refractivity contribution is -0.0751. The van der Waals surface area contributed by atoms with Gasteiger partial charge in [0.1, 0.15) is 5.82 Å². The summed E-state index contributed by atoms with van der Waals surface area (Å²) in [7, 11) is 0. The molecule has 1 heterocycles. The Bertz CT molecular complexity index is 459. The van der Waals surface area contributed by atoms with Crippen LogP contribution in [0, 0.1) is 5.82 Å². The first-order valence-corrected chi connectivity index (χ1v) is 6.69. The predicted octanol–water partition coefficient (Wildman–Crippen LogP) is 2.88. The third kappa shape index (κ3) is 3.07. The lowest BCUT2D eigenvalue weighted by atomic mass is 10.0. The summed E-state index contributed by atoms with van der Waals surface area (Å²) in [5.41, 5.74) is 0.852. The van der Waals surface area contributed by atoms with Gasteiger partial charge >= 0.3 is 0 Å². The second-order valence-electron chi connectivity index (χ2n) is 5.92. The van der Waals surface area contributed by atoms with Gasteiger partial charge in [0.15, 0.2) is 0 Å². The molecule has 19 heavy (non-hydrogen) atoms. The first-order chi connectivity index (χ1) is 8.80. The molecule has 0 aromatic heterocycles. The monoisotopic (exact) mass is 267 g/mol. The Morgan fingerprint density at radius 3 is 2.74 bits per heavy atom. The SMILES string of the molecule is CC1CN(c2cccc(F)c2C(C)O)CC(C)(C)O1. The summed E-state index contributed by atoms with van der Waals surface area (Å²) < 4.78 is 19.8. The van der Waals surface area contributed by atoms with Gasteiger partial charge in [-0.25, -0.2) is 4.39 Å². The Balaban J connectivity index is 2.39. The molecule has 106 valence electrons. The maximum Gasteiger partial charge on any atom is 0.131 e. The van der Waals surface area contributed by atoms with Gasteiger partial charge in [-0.3, -0.25) is 0 Å². The number of nitrogens with zero attached hydrogens (tertiary/aromatic N) is 1. The quantitative estimate of drug-likeness (QED) is 0.894. The molecule has 1 aromatic rings. The molecule has 0 radical (unpaired) electrons. The summed E-state index contributed by atoms with van der Waals surface area (Å²) in [4.78, 5) is 2.10. The number of aliphatic hydroxyl groups is 1. The zero-order valence-corrected chi connectivity index (χ0v) is 12.0.